The van der Waals surface area contributed by atoms with Crippen LogP contribution in [0.15, 0.2) is 18.2 Å². The Labute approximate surface area is 203 Å². The predicted octanol–water partition coefficient (Wildman–Crippen LogP) is 4.62. The van der Waals surface area contributed by atoms with Crippen molar-refractivity contribution in [1.82, 2.24) is 0 Å². The molecule has 0 radical (unpaired) electrons. The molecule has 0 N–H and O–H groups in total. The van der Waals surface area contributed by atoms with E-state index in [0.29, 0.717) is 29.4 Å². The zero-order chi connectivity index (χ0) is 25.2. The van der Waals surface area contributed by atoms with Gasteiger partial charge in [-0.1, -0.05) is 6.92 Å². The first-order valence-corrected chi connectivity index (χ1v) is 19.7. The normalized spacial score (nSPS) is 13.7. The largest absolute Gasteiger partial charge is 0.493 e. The quantitative estimate of drug-likeness (QED) is 0.155. The molecule has 0 aliphatic rings. The summed E-state index contributed by atoms with van der Waals surface area (Å²) < 4.78 is 34.1. The van der Waals surface area contributed by atoms with Crippen LogP contribution in [0.4, 0.5) is 0 Å². The Kier molecular flexibility index (Phi) is 11.9. The van der Waals surface area contributed by atoms with Crippen LogP contribution in [0, 0.1) is 0 Å². The first kappa shape index (κ1) is 29.4. The van der Waals surface area contributed by atoms with Crippen molar-refractivity contribution in [3.05, 3.63) is 23.8 Å². The van der Waals surface area contributed by atoms with Crippen LogP contribution in [0.2, 0.25) is 44.8 Å². The molecule has 1 atom stereocenters. The van der Waals surface area contributed by atoms with Crippen molar-refractivity contribution in [2.24, 2.45) is 0 Å². The van der Waals surface area contributed by atoms with Crippen molar-refractivity contribution in [1.29, 1.82) is 0 Å². The predicted molar refractivity (Wildman–Crippen MR) is 141 cm³/mol. The van der Waals surface area contributed by atoms with Crippen LogP contribution in [0.25, 0.3) is 6.08 Å². The Bertz CT molecular complexity index is 744. The summed E-state index contributed by atoms with van der Waals surface area (Å²) in [6.45, 7) is 15.7. The number of ether oxygens (including phenoxy) is 4. The lowest BCUT2D eigenvalue weighted by Crippen LogP contribution is -2.43. The second kappa shape index (κ2) is 13.3. The average molecular weight is 515 g/mol. The van der Waals surface area contributed by atoms with Gasteiger partial charge in [-0.05, 0) is 75.0 Å². The Morgan fingerprint density at radius 3 is 1.88 bits per heavy atom. The van der Waals surface area contributed by atoms with Crippen LogP contribution < -0.4 is 14.2 Å². The molecule has 0 aromatic heterocycles. The lowest BCUT2D eigenvalue weighted by atomic mass is 10.1. The van der Waals surface area contributed by atoms with Crippen molar-refractivity contribution < 1.29 is 32.6 Å². The molecule has 33 heavy (non-hydrogen) atoms. The van der Waals surface area contributed by atoms with Gasteiger partial charge >= 0.3 is 5.97 Å². The summed E-state index contributed by atoms with van der Waals surface area (Å²) in [5, 5.41) is 0. The lowest BCUT2D eigenvalue weighted by Gasteiger charge is -2.33. The molecule has 1 aromatic carbocycles. The van der Waals surface area contributed by atoms with E-state index >= 15 is 0 Å². The van der Waals surface area contributed by atoms with Crippen LogP contribution >= 0.6 is 0 Å². The van der Waals surface area contributed by atoms with Gasteiger partial charge in [-0.25, -0.2) is 4.79 Å². The minimum Gasteiger partial charge on any atom is -0.493 e. The second-order valence-electron chi connectivity index (χ2n) is 9.98. The fourth-order valence-corrected chi connectivity index (χ4v) is 9.73. The topological polar surface area (TPSA) is 72.5 Å². The molecule has 0 aliphatic carbocycles. The molecular weight excluding hydrogens is 473 g/mol. The van der Waals surface area contributed by atoms with Gasteiger partial charge in [0, 0.05) is 6.08 Å². The smallest absolute Gasteiger partial charge is 0.330 e. The highest BCUT2D eigenvalue weighted by molar-refractivity contribution is 6.71. The molecule has 1 rings (SSSR count). The summed E-state index contributed by atoms with van der Waals surface area (Å²) in [7, 11) is 0.628. The van der Waals surface area contributed by atoms with Crippen LogP contribution in [0.5, 0.6) is 17.2 Å². The molecule has 188 valence electrons. The molecule has 0 saturated heterocycles. The molecule has 7 nitrogen and oxygen atoms in total. The third kappa shape index (κ3) is 11.9. The Balaban J connectivity index is 2.62. The number of esters is 1. The van der Waals surface area contributed by atoms with Crippen molar-refractivity contribution in [3.8, 4) is 17.2 Å². The molecule has 1 unspecified atom stereocenters. The van der Waals surface area contributed by atoms with Gasteiger partial charge in [-0.3, -0.25) is 0 Å². The highest BCUT2D eigenvalue weighted by Crippen LogP contribution is 2.38. The minimum atomic E-state index is -1.69. The summed E-state index contributed by atoms with van der Waals surface area (Å²) in [6.07, 6.45) is 3.88. The maximum atomic E-state index is 12.2. The zero-order valence-corrected chi connectivity index (χ0v) is 25.4. The van der Waals surface area contributed by atoms with Crippen molar-refractivity contribution in [2.75, 3.05) is 27.9 Å². The van der Waals surface area contributed by atoms with E-state index in [-0.39, 0.29) is 11.9 Å². The van der Waals surface area contributed by atoms with Crippen molar-refractivity contribution >= 4 is 38.2 Å². The average Bonchev–Trinajstić information content (AvgIpc) is 2.68. The molecule has 0 spiro atoms. The van der Waals surface area contributed by atoms with E-state index in [2.05, 4.69) is 46.2 Å². The second-order valence-corrected chi connectivity index (χ2v) is 21.4. The third-order valence-electron chi connectivity index (χ3n) is 4.52. The maximum absolute atomic E-state index is 12.2. The fraction of sp³-hybridized carbons (Fsp3) is 0.609. The van der Waals surface area contributed by atoms with E-state index in [9.17, 15) is 4.79 Å². The molecule has 1 aromatic rings. The van der Waals surface area contributed by atoms with Crippen LogP contribution in [0.1, 0.15) is 18.9 Å². The number of methoxy groups -OCH3 is 3. The van der Waals surface area contributed by atoms with Gasteiger partial charge in [0.1, 0.15) is 5.91 Å². The van der Waals surface area contributed by atoms with E-state index < -0.39 is 26.2 Å². The Morgan fingerprint density at radius 1 is 0.939 bits per heavy atom. The van der Waals surface area contributed by atoms with Gasteiger partial charge in [0.15, 0.2) is 28.1 Å². The van der Waals surface area contributed by atoms with Crippen molar-refractivity contribution in [2.45, 2.75) is 64.1 Å². The third-order valence-corrected chi connectivity index (χ3v) is 9.06. The van der Waals surface area contributed by atoms with Gasteiger partial charge in [0.25, 0.3) is 0 Å². The van der Waals surface area contributed by atoms with E-state index in [0.717, 1.165) is 12.0 Å². The Morgan fingerprint density at radius 2 is 1.45 bits per heavy atom. The summed E-state index contributed by atoms with van der Waals surface area (Å²) in [6, 6.07) is 3.55. The summed E-state index contributed by atoms with van der Waals surface area (Å²) in [5.74, 6) is 1.12. The Hall–Kier alpha value is -1.60. The van der Waals surface area contributed by atoms with E-state index in [4.69, 9.17) is 27.8 Å². The number of rotatable bonds is 14. The van der Waals surface area contributed by atoms with Gasteiger partial charge < -0.3 is 27.8 Å². The SMILES string of the molecule is COc1cc(/C=C/C(=O)OCCC(C)[SiH2]C(O[Si](C)(C)C)O[Si](C)(C)C)cc(OC)c1OC. The standard InChI is InChI=1S/C23H42O7Si3/c1-17(31-23(29-32(5,6)7)30-33(8,9)10)13-14-28-21(24)12-11-18-15-19(25-2)22(27-4)20(16-18)26-3/h11-12,15-17,23H,13-14,31H2,1-10H3/b12-11+. The first-order valence-electron chi connectivity index (χ1n) is 11.3. The highest BCUT2D eigenvalue weighted by Gasteiger charge is 2.28. The van der Waals surface area contributed by atoms with E-state index in [1.165, 1.54) is 6.08 Å². The van der Waals surface area contributed by atoms with E-state index in [1.807, 2.05) is 0 Å². The first-order chi connectivity index (χ1) is 15.3. The molecule has 10 heteroatoms. The number of hydrogen-bond acceptors (Lipinski definition) is 7. The number of benzene rings is 1. The number of hydrogen-bond donors (Lipinski definition) is 0. The monoisotopic (exact) mass is 514 g/mol. The fourth-order valence-electron chi connectivity index (χ4n) is 3.13. The molecule has 0 heterocycles. The molecule has 0 saturated carbocycles. The van der Waals surface area contributed by atoms with Crippen LogP contribution in [0.3, 0.4) is 0 Å². The number of carbonyl (C=O) groups is 1. The van der Waals surface area contributed by atoms with Gasteiger partial charge in [-0.2, -0.15) is 0 Å². The zero-order valence-electron chi connectivity index (χ0n) is 21.9. The van der Waals surface area contributed by atoms with Crippen LogP contribution in [-0.4, -0.2) is 66.0 Å². The summed E-state index contributed by atoms with van der Waals surface area (Å²) in [5.41, 5.74) is 1.19. The summed E-state index contributed by atoms with van der Waals surface area (Å²) in [4.78, 5) is 12.2. The lowest BCUT2D eigenvalue weighted by molar-refractivity contribution is -0.137. The highest BCUT2D eigenvalue weighted by atomic mass is 28.4. The van der Waals surface area contributed by atoms with E-state index in [1.54, 1.807) is 39.5 Å². The molecule has 0 fully saturated rings. The molecular formula is C23H42O7Si3. The molecule has 0 bridgehead atoms. The van der Waals surface area contributed by atoms with Crippen molar-refractivity contribution in [3.63, 3.8) is 0 Å². The van der Waals surface area contributed by atoms with Crippen LogP contribution in [-0.2, 0) is 18.4 Å². The molecule has 0 amide bonds. The summed E-state index contributed by atoms with van der Waals surface area (Å²) >= 11 is 0. The minimum absolute atomic E-state index is 0.0611. The van der Waals surface area contributed by atoms with Gasteiger partial charge in [0.05, 0.1) is 37.5 Å². The maximum Gasteiger partial charge on any atom is 0.330 e. The van der Waals surface area contributed by atoms with Gasteiger partial charge in [0.2, 0.25) is 5.75 Å². The molecule has 0 aliphatic heterocycles. The number of carbonyl (C=O) groups excluding carboxylic acids is 1. The van der Waals surface area contributed by atoms with Gasteiger partial charge in [-0.15, -0.1) is 0 Å².